The van der Waals surface area contributed by atoms with E-state index in [0.717, 1.165) is 23.5 Å². The van der Waals surface area contributed by atoms with E-state index in [-0.39, 0.29) is 5.91 Å². The van der Waals surface area contributed by atoms with Gasteiger partial charge in [0.15, 0.2) is 0 Å². The van der Waals surface area contributed by atoms with Gasteiger partial charge in [-0.2, -0.15) is 0 Å². The number of halogens is 1. The number of benzene rings is 1. The molecule has 1 aromatic carbocycles. The van der Waals surface area contributed by atoms with Crippen molar-refractivity contribution in [2.75, 3.05) is 18.2 Å². The van der Waals surface area contributed by atoms with Crippen molar-refractivity contribution in [3.05, 3.63) is 17.2 Å². The number of amides is 1. The zero-order valence-electron chi connectivity index (χ0n) is 10.9. The molecule has 18 heavy (non-hydrogen) atoms. The van der Waals surface area contributed by atoms with E-state index in [0.29, 0.717) is 17.3 Å². The summed E-state index contributed by atoms with van der Waals surface area (Å²) in [6.45, 7) is 4.24. The maximum absolute atomic E-state index is 11.1. The molecular weight excluding hydrogens is 270 g/mol. The molecule has 0 heterocycles. The van der Waals surface area contributed by atoms with Crippen molar-refractivity contribution in [1.82, 2.24) is 0 Å². The van der Waals surface area contributed by atoms with Gasteiger partial charge in [0, 0.05) is 17.9 Å². The Bertz CT molecular complexity index is 424. The van der Waals surface area contributed by atoms with Crippen molar-refractivity contribution in [1.29, 1.82) is 0 Å². The molecule has 3 nitrogen and oxygen atoms in total. The molecule has 0 radical (unpaired) electrons. The first-order chi connectivity index (χ1) is 8.58. The second kappa shape index (κ2) is 7.54. The van der Waals surface area contributed by atoms with Gasteiger partial charge in [0.05, 0.1) is 17.3 Å². The predicted molar refractivity (Wildman–Crippen MR) is 77.9 cm³/mol. The average molecular weight is 288 g/mol. The summed E-state index contributed by atoms with van der Waals surface area (Å²) < 4.78 is 5.64. The van der Waals surface area contributed by atoms with Crippen LogP contribution in [0, 0.1) is 0 Å². The second-order valence-corrected chi connectivity index (χ2v) is 5.10. The number of carbonyl (C=O) groups is 1. The smallest absolute Gasteiger partial charge is 0.221 e. The average Bonchev–Trinajstić information content (AvgIpc) is 2.32. The molecule has 1 aromatic rings. The van der Waals surface area contributed by atoms with Gasteiger partial charge in [0.1, 0.15) is 5.75 Å². The Kier molecular flexibility index (Phi) is 6.36. The van der Waals surface area contributed by atoms with E-state index in [4.69, 9.17) is 16.3 Å². The number of ether oxygens (including phenoxy) is 1. The van der Waals surface area contributed by atoms with Crippen molar-refractivity contribution in [3.63, 3.8) is 0 Å². The summed E-state index contributed by atoms with van der Waals surface area (Å²) in [5, 5.41) is 3.27. The molecule has 0 aliphatic carbocycles. The Hall–Kier alpha value is -0.870. The number of hydrogen-bond acceptors (Lipinski definition) is 3. The summed E-state index contributed by atoms with van der Waals surface area (Å²) in [6.07, 6.45) is 4.03. The molecule has 0 spiro atoms. The summed E-state index contributed by atoms with van der Waals surface area (Å²) in [5.74, 6) is 0.593. The SMILES string of the molecule is CCCCOc1cc(NC(C)=O)c(Cl)c(SC)c1. The Morgan fingerprint density at radius 3 is 2.78 bits per heavy atom. The number of anilines is 1. The van der Waals surface area contributed by atoms with Crippen LogP contribution >= 0.6 is 23.4 Å². The van der Waals surface area contributed by atoms with Crippen molar-refractivity contribution in [2.45, 2.75) is 31.6 Å². The Balaban J connectivity index is 2.94. The van der Waals surface area contributed by atoms with Crippen molar-refractivity contribution >= 4 is 35.0 Å². The first-order valence-electron chi connectivity index (χ1n) is 5.86. The van der Waals surface area contributed by atoms with Crippen LogP contribution in [0.15, 0.2) is 17.0 Å². The maximum Gasteiger partial charge on any atom is 0.221 e. The molecule has 100 valence electrons. The molecule has 0 aromatic heterocycles. The molecule has 0 atom stereocenters. The number of unbranched alkanes of at least 4 members (excludes halogenated alkanes) is 1. The normalized spacial score (nSPS) is 10.2. The highest BCUT2D eigenvalue weighted by molar-refractivity contribution is 7.98. The van der Waals surface area contributed by atoms with Crippen LogP contribution in [0.4, 0.5) is 5.69 Å². The Morgan fingerprint density at radius 2 is 2.22 bits per heavy atom. The molecule has 1 N–H and O–H groups in total. The first kappa shape index (κ1) is 15.2. The van der Waals surface area contributed by atoms with Gasteiger partial charge in [-0.15, -0.1) is 11.8 Å². The van der Waals surface area contributed by atoms with Gasteiger partial charge in [-0.1, -0.05) is 24.9 Å². The lowest BCUT2D eigenvalue weighted by atomic mass is 10.3. The molecule has 0 unspecified atom stereocenters. The molecule has 1 amide bonds. The fourth-order valence-electron chi connectivity index (χ4n) is 1.42. The summed E-state index contributed by atoms with van der Waals surface area (Å²) >= 11 is 7.72. The summed E-state index contributed by atoms with van der Waals surface area (Å²) in [5.41, 5.74) is 0.600. The number of nitrogens with one attached hydrogen (secondary N) is 1. The van der Waals surface area contributed by atoms with Gasteiger partial charge in [0.2, 0.25) is 5.91 Å². The molecule has 1 rings (SSSR count). The van der Waals surface area contributed by atoms with Crippen LogP contribution in [0.2, 0.25) is 5.02 Å². The van der Waals surface area contributed by atoms with Crippen LogP contribution in [0.3, 0.4) is 0 Å². The first-order valence-corrected chi connectivity index (χ1v) is 7.46. The van der Waals surface area contributed by atoms with Crippen LogP contribution in [-0.4, -0.2) is 18.8 Å². The summed E-state index contributed by atoms with van der Waals surface area (Å²) in [6, 6.07) is 3.66. The predicted octanol–water partition coefficient (Wildman–Crippen LogP) is 4.20. The minimum Gasteiger partial charge on any atom is -0.493 e. The van der Waals surface area contributed by atoms with Crippen LogP contribution in [0.1, 0.15) is 26.7 Å². The lowest BCUT2D eigenvalue weighted by molar-refractivity contribution is -0.114. The van der Waals surface area contributed by atoms with Crippen LogP contribution < -0.4 is 10.1 Å². The maximum atomic E-state index is 11.1. The topological polar surface area (TPSA) is 38.3 Å². The van der Waals surface area contributed by atoms with E-state index in [1.807, 2.05) is 12.3 Å². The molecule has 0 fully saturated rings. The number of carbonyl (C=O) groups excluding carboxylic acids is 1. The third kappa shape index (κ3) is 4.42. The quantitative estimate of drug-likeness (QED) is 0.629. The highest BCUT2D eigenvalue weighted by Crippen LogP contribution is 2.36. The largest absolute Gasteiger partial charge is 0.493 e. The lowest BCUT2D eigenvalue weighted by Crippen LogP contribution is -2.07. The van der Waals surface area contributed by atoms with Gasteiger partial charge >= 0.3 is 0 Å². The van der Waals surface area contributed by atoms with Gasteiger partial charge in [-0.3, -0.25) is 4.79 Å². The van der Waals surface area contributed by atoms with E-state index < -0.39 is 0 Å². The van der Waals surface area contributed by atoms with Crippen LogP contribution in [-0.2, 0) is 4.79 Å². The molecule has 0 aliphatic heterocycles. The van der Waals surface area contributed by atoms with E-state index in [9.17, 15) is 4.79 Å². The number of thioether (sulfide) groups is 1. The highest BCUT2D eigenvalue weighted by atomic mass is 35.5. The van der Waals surface area contributed by atoms with E-state index >= 15 is 0 Å². The van der Waals surface area contributed by atoms with Gasteiger partial charge in [0.25, 0.3) is 0 Å². The standard InChI is InChI=1S/C13H18ClNO2S/c1-4-5-6-17-10-7-11(15-9(2)16)13(14)12(8-10)18-3/h7-8H,4-6H2,1-3H3,(H,15,16). The van der Waals surface area contributed by atoms with Crippen molar-refractivity contribution < 1.29 is 9.53 Å². The molecule has 5 heteroatoms. The highest BCUT2D eigenvalue weighted by Gasteiger charge is 2.10. The molecule has 0 saturated carbocycles. The third-order valence-electron chi connectivity index (χ3n) is 2.31. The summed E-state index contributed by atoms with van der Waals surface area (Å²) in [4.78, 5) is 12.0. The molecular formula is C13H18ClNO2S. The molecule has 0 bridgehead atoms. The van der Waals surface area contributed by atoms with Crippen LogP contribution in [0.5, 0.6) is 5.75 Å². The van der Waals surface area contributed by atoms with Crippen LogP contribution in [0.25, 0.3) is 0 Å². The third-order valence-corrected chi connectivity index (χ3v) is 3.59. The minimum atomic E-state index is -0.144. The second-order valence-electron chi connectivity index (χ2n) is 3.87. The van der Waals surface area contributed by atoms with Crippen molar-refractivity contribution in [3.8, 4) is 5.75 Å². The van der Waals surface area contributed by atoms with Gasteiger partial charge < -0.3 is 10.1 Å². The number of hydrogen-bond donors (Lipinski definition) is 1. The fourth-order valence-corrected chi connectivity index (χ4v) is 2.33. The van der Waals surface area contributed by atoms with E-state index in [1.54, 1.807) is 6.07 Å². The zero-order chi connectivity index (χ0) is 13.5. The molecule has 0 aliphatic rings. The van der Waals surface area contributed by atoms with E-state index in [2.05, 4.69) is 12.2 Å². The Labute approximate surface area is 117 Å². The lowest BCUT2D eigenvalue weighted by Gasteiger charge is -2.12. The summed E-state index contributed by atoms with van der Waals surface area (Å²) in [7, 11) is 0. The Morgan fingerprint density at radius 1 is 1.50 bits per heavy atom. The number of rotatable bonds is 6. The van der Waals surface area contributed by atoms with Crippen molar-refractivity contribution in [2.24, 2.45) is 0 Å². The molecule has 0 saturated heterocycles. The van der Waals surface area contributed by atoms with Gasteiger partial charge in [-0.25, -0.2) is 0 Å². The van der Waals surface area contributed by atoms with E-state index in [1.165, 1.54) is 18.7 Å². The minimum absolute atomic E-state index is 0.144. The monoisotopic (exact) mass is 287 g/mol. The fraction of sp³-hybridized carbons (Fsp3) is 0.462. The zero-order valence-corrected chi connectivity index (χ0v) is 12.5. The van der Waals surface area contributed by atoms with Gasteiger partial charge in [-0.05, 0) is 18.7 Å².